The quantitative estimate of drug-likeness (QED) is 0.693. The predicted octanol–water partition coefficient (Wildman–Crippen LogP) is 4.33. The average Bonchev–Trinajstić information content (AvgIpc) is 2.91. The highest BCUT2D eigenvalue weighted by atomic mass is 35.5. The van der Waals surface area contributed by atoms with Crippen LogP contribution in [0.3, 0.4) is 0 Å². The van der Waals surface area contributed by atoms with Crippen molar-refractivity contribution in [1.82, 2.24) is 9.78 Å². The largest absolute Gasteiger partial charge is 0.487 e. The van der Waals surface area contributed by atoms with E-state index in [9.17, 15) is 4.79 Å². The van der Waals surface area contributed by atoms with Gasteiger partial charge in [-0.1, -0.05) is 23.7 Å². The number of nitrogens with zero attached hydrogens (tertiary/aromatic N) is 2. The Bertz CT molecular complexity index is 1020. The predicted molar refractivity (Wildman–Crippen MR) is 103 cm³/mol. The van der Waals surface area contributed by atoms with Gasteiger partial charge in [0.1, 0.15) is 11.4 Å². The van der Waals surface area contributed by atoms with E-state index in [4.69, 9.17) is 16.3 Å². The Balaban J connectivity index is 1.66. The van der Waals surface area contributed by atoms with Crippen molar-refractivity contribution >= 4 is 11.6 Å². The molecule has 0 unspecified atom stereocenters. The maximum absolute atomic E-state index is 12.2. The molecule has 0 fully saturated rings. The summed E-state index contributed by atoms with van der Waals surface area (Å²) >= 11 is 5.92. The molecular weight excluding hydrogens is 348 g/mol. The molecule has 1 aliphatic heterocycles. The van der Waals surface area contributed by atoms with E-state index in [1.54, 1.807) is 12.1 Å². The Morgan fingerprint density at radius 2 is 1.88 bits per heavy atom. The minimum atomic E-state index is -0.179. The molecule has 0 bridgehead atoms. The third-order valence-electron chi connectivity index (χ3n) is 4.47. The summed E-state index contributed by atoms with van der Waals surface area (Å²) in [5, 5.41) is 5.22. The second-order valence-electron chi connectivity index (χ2n) is 7.20. The first-order valence-electron chi connectivity index (χ1n) is 8.55. The van der Waals surface area contributed by atoms with Crippen LogP contribution in [0.1, 0.15) is 25.0 Å². The van der Waals surface area contributed by atoms with Crippen molar-refractivity contribution < 1.29 is 4.74 Å². The first-order valence-corrected chi connectivity index (χ1v) is 8.92. The normalized spacial score (nSPS) is 14.7. The third-order valence-corrected chi connectivity index (χ3v) is 4.72. The SMILES string of the molecule is CC1(C)Cc2cc(-c3ccc(=O)n(Cc4ccc(Cl)cc4)n3)ccc2O1. The summed E-state index contributed by atoms with van der Waals surface area (Å²) < 4.78 is 7.41. The third kappa shape index (κ3) is 3.37. The lowest BCUT2D eigenvalue weighted by Gasteiger charge is -2.16. The lowest BCUT2D eigenvalue weighted by atomic mass is 9.99. The van der Waals surface area contributed by atoms with Gasteiger partial charge in [0.25, 0.3) is 5.56 Å². The van der Waals surface area contributed by atoms with Crippen LogP contribution >= 0.6 is 11.6 Å². The number of hydrogen-bond donors (Lipinski definition) is 0. The number of halogens is 1. The van der Waals surface area contributed by atoms with Crippen LogP contribution in [0, 0.1) is 0 Å². The van der Waals surface area contributed by atoms with Gasteiger partial charge in [0, 0.05) is 23.1 Å². The summed E-state index contributed by atoms with van der Waals surface area (Å²) in [6.45, 7) is 4.57. The van der Waals surface area contributed by atoms with Gasteiger partial charge in [-0.15, -0.1) is 0 Å². The van der Waals surface area contributed by atoms with Crippen LogP contribution in [-0.2, 0) is 13.0 Å². The van der Waals surface area contributed by atoms with E-state index in [2.05, 4.69) is 25.0 Å². The van der Waals surface area contributed by atoms with Crippen molar-refractivity contribution in [2.24, 2.45) is 0 Å². The topological polar surface area (TPSA) is 44.1 Å². The molecule has 4 rings (SSSR count). The van der Waals surface area contributed by atoms with Crippen molar-refractivity contribution in [3.05, 3.63) is 81.1 Å². The average molecular weight is 367 g/mol. The first-order chi connectivity index (χ1) is 12.4. The molecule has 0 aliphatic carbocycles. The summed E-state index contributed by atoms with van der Waals surface area (Å²) in [7, 11) is 0. The Kier molecular flexibility index (Phi) is 4.08. The highest BCUT2D eigenvalue weighted by Gasteiger charge is 2.30. The molecule has 0 amide bonds. The highest BCUT2D eigenvalue weighted by molar-refractivity contribution is 6.30. The van der Waals surface area contributed by atoms with Gasteiger partial charge in [-0.2, -0.15) is 5.10 Å². The van der Waals surface area contributed by atoms with Gasteiger partial charge < -0.3 is 4.74 Å². The minimum Gasteiger partial charge on any atom is -0.487 e. The van der Waals surface area contributed by atoms with Crippen LogP contribution in [0.25, 0.3) is 11.3 Å². The second-order valence-corrected chi connectivity index (χ2v) is 7.64. The summed E-state index contributed by atoms with van der Waals surface area (Å²) in [5.74, 6) is 0.924. The fourth-order valence-electron chi connectivity index (χ4n) is 3.25. The fraction of sp³-hybridized carbons (Fsp3) is 0.238. The van der Waals surface area contributed by atoms with E-state index < -0.39 is 0 Å². The van der Waals surface area contributed by atoms with Crippen LogP contribution in [0.5, 0.6) is 5.75 Å². The molecule has 2 heterocycles. The van der Waals surface area contributed by atoms with Gasteiger partial charge >= 0.3 is 0 Å². The summed E-state index contributed by atoms with van der Waals surface area (Å²) in [6.07, 6.45) is 0.862. The Hall–Kier alpha value is -2.59. The number of rotatable bonds is 3. The Labute approximate surface area is 157 Å². The summed E-state index contributed by atoms with van der Waals surface area (Å²) in [4.78, 5) is 12.2. The summed E-state index contributed by atoms with van der Waals surface area (Å²) in [6, 6.07) is 16.8. The molecule has 0 saturated heterocycles. The standard InChI is InChI=1S/C21H19ClN2O2/c1-21(2)12-16-11-15(5-9-19(16)26-21)18-8-10-20(25)24(23-18)13-14-3-6-17(22)7-4-14/h3-11H,12-13H2,1-2H3. The second kappa shape index (κ2) is 6.29. The van der Waals surface area contributed by atoms with Crippen LogP contribution < -0.4 is 10.3 Å². The maximum Gasteiger partial charge on any atom is 0.267 e. The van der Waals surface area contributed by atoms with Gasteiger partial charge in [0.2, 0.25) is 0 Å². The number of aromatic nitrogens is 2. The van der Waals surface area contributed by atoms with Crippen molar-refractivity contribution in [1.29, 1.82) is 0 Å². The van der Waals surface area contributed by atoms with Gasteiger partial charge in [0.05, 0.1) is 12.2 Å². The van der Waals surface area contributed by atoms with E-state index >= 15 is 0 Å². The van der Waals surface area contributed by atoms with Crippen molar-refractivity contribution in [3.8, 4) is 17.0 Å². The first kappa shape index (κ1) is 16.9. The molecule has 26 heavy (non-hydrogen) atoms. The minimum absolute atomic E-state index is 0.130. The molecule has 5 heteroatoms. The van der Waals surface area contributed by atoms with E-state index in [0.717, 1.165) is 29.0 Å². The van der Waals surface area contributed by atoms with E-state index in [1.165, 1.54) is 10.2 Å². The molecule has 0 spiro atoms. The molecule has 1 aliphatic rings. The van der Waals surface area contributed by atoms with Crippen molar-refractivity contribution in [2.75, 3.05) is 0 Å². The molecule has 2 aromatic carbocycles. The Morgan fingerprint density at radius 3 is 2.65 bits per heavy atom. The number of benzene rings is 2. The van der Waals surface area contributed by atoms with E-state index in [0.29, 0.717) is 11.6 Å². The van der Waals surface area contributed by atoms with Gasteiger partial charge in [0.15, 0.2) is 0 Å². The molecule has 3 aromatic rings. The number of fused-ring (bicyclic) bond motifs is 1. The lowest BCUT2D eigenvalue weighted by molar-refractivity contribution is 0.138. The molecule has 0 saturated carbocycles. The molecular formula is C21H19ClN2O2. The van der Waals surface area contributed by atoms with Gasteiger partial charge in [-0.05, 0) is 61.4 Å². The lowest BCUT2D eigenvalue weighted by Crippen LogP contribution is -2.24. The zero-order chi connectivity index (χ0) is 18.3. The van der Waals surface area contributed by atoms with Crippen LogP contribution in [0.2, 0.25) is 5.02 Å². The molecule has 0 atom stereocenters. The Morgan fingerprint density at radius 1 is 1.12 bits per heavy atom. The molecule has 132 valence electrons. The number of ether oxygens (including phenoxy) is 1. The monoisotopic (exact) mass is 366 g/mol. The van der Waals surface area contributed by atoms with Gasteiger partial charge in [-0.25, -0.2) is 4.68 Å². The zero-order valence-corrected chi connectivity index (χ0v) is 15.5. The van der Waals surface area contributed by atoms with Crippen molar-refractivity contribution in [2.45, 2.75) is 32.4 Å². The highest BCUT2D eigenvalue weighted by Crippen LogP contribution is 2.36. The van der Waals surface area contributed by atoms with E-state index in [1.807, 2.05) is 36.4 Å². The molecule has 0 radical (unpaired) electrons. The van der Waals surface area contributed by atoms with Crippen LogP contribution in [-0.4, -0.2) is 15.4 Å². The smallest absolute Gasteiger partial charge is 0.267 e. The summed E-state index contributed by atoms with van der Waals surface area (Å²) in [5.41, 5.74) is 3.59. The zero-order valence-electron chi connectivity index (χ0n) is 14.7. The molecule has 4 nitrogen and oxygen atoms in total. The van der Waals surface area contributed by atoms with E-state index in [-0.39, 0.29) is 11.2 Å². The number of hydrogen-bond acceptors (Lipinski definition) is 3. The van der Waals surface area contributed by atoms with Crippen molar-refractivity contribution in [3.63, 3.8) is 0 Å². The fourth-order valence-corrected chi connectivity index (χ4v) is 3.37. The van der Waals surface area contributed by atoms with Crippen LogP contribution in [0.4, 0.5) is 0 Å². The van der Waals surface area contributed by atoms with Gasteiger partial charge in [-0.3, -0.25) is 4.79 Å². The molecule has 1 aromatic heterocycles. The van der Waals surface area contributed by atoms with Crippen LogP contribution in [0.15, 0.2) is 59.4 Å². The maximum atomic E-state index is 12.2. The molecule has 0 N–H and O–H groups in total.